The van der Waals surface area contributed by atoms with Crippen LogP contribution in [0.5, 0.6) is 0 Å². The summed E-state index contributed by atoms with van der Waals surface area (Å²) in [6, 6.07) is 4.79. The number of nitrogens with zero attached hydrogens (tertiary/aromatic N) is 1. The molecule has 1 aliphatic rings. The Hall–Kier alpha value is -1.38. The molecule has 1 aromatic carbocycles. The summed E-state index contributed by atoms with van der Waals surface area (Å²) in [5, 5.41) is 0. The van der Waals surface area contributed by atoms with E-state index in [1.807, 2.05) is 6.92 Å². The van der Waals surface area contributed by atoms with E-state index in [0.29, 0.717) is 17.5 Å². The van der Waals surface area contributed by atoms with Crippen LogP contribution in [0, 0.1) is 5.82 Å². The van der Waals surface area contributed by atoms with Gasteiger partial charge in [-0.05, 0) is 37.0 Å². The highest BCUT2D eigenvalue weighted by atomic mass is 19.1. The van der Waals surface area contributed by atoms with Crippen LogP contribution in [-0.2, 0) is 6.42 Å². The van der Waals surface area contributed by atoms with Crippen molar-refractivity contribution in [3.05, 3.63) is 35.1 Å². The van der Waals surface area contributed by atoms with Crippen LogP contribution >= 0.6 is 0 Å². The summed E-state index contributed by atoms with van der Waals surface area (Å²) in [7, 11) is 0. The van der Waals surface area contributed by atoms with Crippen molar-refractivity contribution in [2.45, 2.75) is 26.2 Å². The monoisotopic (exact) mass is 221 g/mol. The van der Waals surface area contributed by atoms with Gasteiger partial charge in [-0.3, -0.25) is 4.79 Å². The minimum Gasteiger partial charge on any atom is -0.339 e. The molecule has 0 bridgehead atoms. The molecule has 0 N–H and O–H groups in total. The molecule has 1 heterocycles. The Kier molecular flexibility index (Phi) is 3.22. The first-order chi connectivity index (χ1) is 7.72. The van der Waals surface area contributed by atoms with Gasteiger partial charge in [0, 0.05) is 18.7 Å². The van der Waals surface area contributed by atoms with Gasteiger partial charge in [0.1, 0.15) is 5.82 Å². The maximum Gasteiger partial charge on any atom is 0.253 e. The Bertz CT molecular complexity index is 397. The van der Waals surface area contributed by atoms with Crippen molar-refractivity contribution in [2.24, 2.45) is 0 Å². The smallest absolute Gasteiger partial charge is 0.253 e. The molecule has 1 aliphatic heterocycles. The second kappa shape index (κ2) is 4.64. The first-order valence-electron chi connectivity index (χ1n) is 5.80. The minimum atomic E-state index is -0.271. The van der Waals surface area contributed by atoms with E-state index in [1.165, 1.54) is 6.07 Å². The van der Waals surface area contributed by atoms with Crippen LogP contribution in [0.15, 0.2) is 18.2 Å². The topological polar surface area (TPSA) is 20.3 Å². The zero-order valence-corrected chi connectivity index (χ0v) is 9.50. The number of likely N-dealkylation sites (tertiary alicyclic amines) is 1. The van der Waals surface area contributed by atoms with Gasteiger partial charge in [-0.1, -0.05) is 13.0 Å². The number of halogens is 1. The fourth-order valence-corrected chi connectivity index (χ4v) is 2.07. The first-order valence-corrected chi connectivity index (χ1v) is 5.80. The van der Waals surface area contributed by atoms with Crippen LogP contribution < -0.4 is 0 Å². The van der Waals surface area contributed by atoms with E-state index in [9.17, 15) is 9.18 Å². The van der Waals surface area contributed by atoms with Crippen LogP contribution in [-0.4, -0.2) is 23.9 Å². The molecule has 1 saturated heterocycles. The molecule has 1 aromatic rings. The number of carbonyl (C=O) groups is 1. The Morgan fingerprint density at radius 1 is 1.38 bits per heavy atom. The van der Waals surface area contributed by atoms with Gasteiger partial charge in [-0.25, -0.2) is 4.39 Å². The standard InChI is InChI=1S/C13H16FNO/c1-2-10-5-6-11(9-12(10)14)13(16)15-7-3-4-8-15/h5-6,9H,2-4,7-8H2,1H3. The third kappa shape index (κ3) is 2.08. The highest BCUT2D eigenvalue weighted by Crippen LogP contribution is 2.16. The Morgan fingerprint density at radius 2 is 2.06 bits per heavy atom. The van der Waals surface area contributed by atoms with E-state index >= 15 is 0 Å². The van der Waals surface area contributed by atoms with Crippen molar-refractivity contribution < 1.29 is 9.18 Å². The number of hydrogen-bond acceptors (Lipinski definition) is 1. The van der Waals surface area contributed by atoms with E-state index in [0.717, 1.165) is 25.9 Å². The molecule has 0 unspecified atom stereocenters. The number of hydrogen-bond donors (Lipinski definition) is 0. The van der Waals surface area contributed by atoms with Crippen molar-refractivity contribution in [3.8, 4) is 0 Å². The zero-order chi connectivity index (χ0) is 11.5. The maximum absolute atomic E-state index is 13.5. The molecule has 0 spiro atoms. The second-order valence-electron chi connectivity index (χ2n) is 4.16. The Morgan fingerprint density at radius 3 is 2.62 bits per heavy atom. The Labute approximate surface area is 95.1 Å². The van der Waals surface area contributed by atoms with Gasteiger partial charge in [0.25, 0.3) is 5.91 Å². The highest BCUT2D eigenvalue weighted by molar-refractivity contribution is 5.94. The molecule has 1 amide bonds. The normalized spacial score (nSPS) is 15.5. The van der Waals surface area contributed by atoms with E-state index in [-0.39, 0.29) is 11.7 Å². The van der Waals surface area contributed by atoms with Gasteiger partial charge in [0.2, 0.25) is 0 Å². The summed E-state index contributed by atoms with van der Waals surface area (Å²) in [6.45, 7) is 3.51. The van der Waals surface area contributed by atoms with Crippen LogP contribution in [0.1, 0.15) is 35.7 Å². The largest absolute Gasteiger partial charge is 0.339 e. The van der Waals surface area contributed by atoms with Crippen molar-refractivity contribution in [1.29, 1.82) is 0 Å². The average Bonchev–Trinajstić information content (AvgIpc) is 2.81. The summed E-state index contributed by atoms with van der Waals surface area (Å²) in [6.07, 6.45) is 2.77. The van der Waals surface area contributed by atoms with Gasteiger partial charge in [0.05, 0.1) is 0 Å². The summed E-state index contributed by atoms with van der Waals surface area (Å²) in [4.78, 5) is 13.8. The number of benzene rings is 1. The first kappa shape index (κ1) is 11.1. The molecule has 16 heavy (non-hydrogen) atoms. The molecular formula is C13H16FNO. The maximum atomic E-state index is 13.5. The number of amides is 1. The van der Waals surface area contributed by atoms with Crippen molar-refractivity contribution in [3.63, 3.8) is 0 Å². The summed E-state index contributed by atoms with van der Waals surface area (Å²) in [5.74, 6) is -0.313. The lowest BCUT2D eigenvalue weighted by Crippen LogP contribution is -2.27. The minimum absolute atomic E-state index is 0.0425. The van der Waals surface area contributed by atoms with E-state index in [4.69, 9.17) is 0 Å². The molecule has 3 heteroatoms. The molecule has 0 aliphatic carbocycles. The van der Waals surface area contributed by atoms with E-state index in [2.05, 4.69) is 0 Å². The third-order valence-electron chi connectivity index (χ3n) is 3.07. The van der Waals surface area contributed by atoms with Gasteiger partial charge in [-0.15, -0.1) is 0 Å². The predicted octanol–water partition coefficient (Wildman–Crippen LogP) is 2.62. The third-order valence-corrected chi connectivity index (χ3v) is 3.07. The van der Waals surface area contributed by atoms with Crippen molar-refractivity contribution in [2.75, 3.05) is 13.1 Å². The molecule has 0 aromatic heterocycles. The van der Waals surface area contributed by atoms with Gasteiger partial charge < -0.3 is 4.90 Å². The molecule has 2 rings (SSSR count). The van der Waals surface area contributed by atoms with E-state index in [1.54, 1.807) is 17.0 Å². The molecular weight excluding hydrogens is 205 g/mol. The summed E-state index contributed by atoms with van der Waals surface area (Å²) in [5.41, 5.74) is 1.13. The molecule has 0 radical (unpaired) electrons. The molecule has 1 fully saturated rings. The predicted molar refractivity (Wildman–Crippen MR) is 60.9 cm³/mol. The molecule has 2 nitrogen and oxygen atoms in total. The second-order valence-corrected chi connectivity index (χ2v) is 4.16. The van der Waals surface area contributed by atoms with Crippen LogP contribution in [0.25, 0.3) is 0 Å². The average molecular weight is 221 g/mol. The van der Waals surface area contributed by atoms with Crippen LogP contribution in [0.4, 0.5) is 4.39 Å². The Balaban J connectivity index is 2.20. The lowest BCUT2D eigenvalue weighted by atomic mass is 10.1. The fraction of sp³-hybridized carbons (Fsp3) is 0.462. The van der Waals surface area contributed by atoms with Crippen LogP contribution in [0.3, 0.4) is 0 Å². The lowest BCUT2D eigenvalue weighted by Gasteiger charge is -2.15. The number of carbonyl (C=O) groups excluding carboxylic acids is 1. The van der Waals surface area contributed by atoms with Gasteiger partial charge in [0.15, 0.2) is 0 Å². The number of rotatable bonds is 2. The van der Waals surface area contributed by atoms with E-state index < -0.39 is 0 Å². The molecule has 86 valence electrons. The van der Waals surface area contributed by atoms with Crippen molar-refractivity contribution >= 4 is 5.91 Å². The number of aryl methyl sites for hydroxylation is 1. The quantitative estimate of drug-likeness (QED) is 0.751. The SMILES string of the molecule is CCc1ccc(C(=O)N2CCCC2)cc1F. The van der Waals surface area contributed by atoms with Gasteiger partial charge >= 0.3 is 0 Å². The molecule has 0 saturated carbocycles. The van der Waals surface area contributed by atoms with Crippen molar-refractivity contribution in [1.82, 2.24) is 4.90 Å². The summed E-state index contributed by atoms with van der Waals surface area (Å²) < 4.78 is 13.5. The summed E-state index contributed by atoms with van der Waals surface area (Å²) >= 11 is 0. The molecule has 0 atom stereocenters. The highest BCUT2D eigenvalue weighted by Gasteiger charge is 2.19. The lowest BCUT2D eigenvalue weighted by molar-refractivity contribution is 0.0792. The fourth-order valence-electron chi connectivity index (χ4n) is 2.07. The zero-order valence-electron chi connectivity index (χ0n) is 9.50. The van der Waals surface area contributed by atoms with Gasteiger partial charge in [-0.2, -0.15) is 0 Å². The van der Waals surface area contributed by atoms with Crippen LogP contribution in [0.2, 0.25) is 0 Å².